The Morgan fingerprint density at radius 2 is 2.05 bits per heavy atom. The quantitative estimate of drug-likeness (QED) is 0.877. The topological polar surface area (TPSA) is 38.3 Å². The highest BCUT2D eigenvalue weighted by atomic mass is 32.2. The van der Waals surface area contributed by atoms with E-state index in [1.54, 1.807) is 6.07 Å². The van der Waals surface area contributed by atoms with Crippen molar-refractivity contribution >= 4 is 10.8 Å². The third kappa shape index (κ3) is 4.87. The standard InChI is InChI=1S/C15H24FNO2S/c1-11(17-8-9-20(18)15(2,3)4)12-6-7-14(19-5)13(16)10-12/h6-7,10-11,17H,8-9H2,1-5H3. The van der Waals surface area contributed by atoms with E-state index in [1.807, 2.05) is 33.8 Å². The number of halogens is 1. The molecule has 0 aliphatic heterocycles. The molecule has 0 aromatic heterocycles. The smallest absolute Gasteiger partial charge is 0.165 e. The Morgan fingerprint density at radius 1 is 1.40 bits per heavy atom. The molecule has 1 aromatic rings. The molecule has 2 unspecified atom stereocenters. The molecule has 1 N–H and O–H groups in total. The van der Waals surface area contributed by atoms with Crippen LogP contribution in [0.2, 0.25) is 0 Å². The Hall–Kier alpha value is -0.940. The summed E-state index contributed by atoms with van der Waals surface area (Å²) in [7, 11) is 0.570. The molecular weight excluding hydrogens is 277 g/mol. The van der Waals surface area contributed by atoms with E-state index in [0.717, 1.165) is 5.56 Å². The number of hydrogen-bond acceptors (Lipinski definition) is 3. The van der Waals surface area contributed by atoms with E-state index in [9.17, 15) is 8.60 Å². The van der Waals surface area contributed by atoms with E-state index >= 15 is 0 Å². The van der Waals surface area contributed by atoms with Crippen LogP contribution in [0.1, 0.15) is 39.3 Å². The minimum Gasteiger partial charge on any atom is -0.494 e. The predicted octanol–water partition coefficient (Wildman–Crippen LogP) is 3.03. The summed E-state index contributed by atoms with van der Waals surface area (Å²) in [6, 6.07) is 4.93. The van der Waals surface area contributed by atoms with Crippen molar-refractivity contribution in [2.45, 2.75) is 38.5 Å². The van der Waals surface area contributed by atoms with E-state index in [4.69, 9.17) is 4.74 Å². The molecule has 0 heterocycles. The zero-order valence-electron chi connectivity index (χ0n) is 12.8. The maximum Gasteiger partial charge on any atom is 0.165 e. The predicted molar refractivity (Wildman–Crippen MR) is 82.1 cm³/mol. The second-order valence-corrected chi connectivity index (χ2v) is 8.06. The van der Waals surface area contributed by atoms with E-state index in [-0.39, 0.29) is 22.4 Å². The summed E-state index contributed by atoms with van der Waals surface area (Å²) in [5.74, 6) is 0.471. The lowest BCUT2D eigenvalue weighted by molar-refractivity contribution is 0.385. The van der Waals surface area contributed by atoms with Gasteiger partial charge >= 0.3 is 0 Å². The Balaban J connectivity index is 2.53. The molecule has 0 aliphatic carbocycles. The van der Waals surface area contributed by atoms with Gasteiger partial charge < -0.3 is 10.1 Å². The molecule has 0 fully saturated rings. The summed E-state index contributed by atoms with van der Waals surface area (Å²) in [6.07, 6.45) is 0. The van der Waals surface area contributed by atoms with Crippen LogP contribution in [0.25, 0.3) is 0 Å². The number of benzene rings is 1. The van der Waals surface area contributed by atoms with Crippen LogP contribution in [0, 0.1) is 5.82 Å². The van der Waals surface area contributed by atoms with Gasteiger partial charge in [0.15, 0.2) is 11.6 Å². The van der Waals surface area contributed by atoms with Gasteiger partial charge in [-0.25, -0.2) is 4.39 Å². The molecule has 20 heavy (non-hydrogen) atoms. The summed E-state index contributed by atoms with van der Waals surface area (Å²) in [6.45, 7) is 8.49. The molecule has 0 spiro atoms. The zero-order chi connectivity index (χ0) is 15.3. The number of nitrogens with one attached hydrogen (secondary N) is 1. The monoisotopic (exact) mass is 301 g/mol. The van der Waals surface area contributed by atoms with Crippen molar-refractivity contribution in [3.8, 4) is 5.75 Å². The van der Waals surface area contributed by atoms with Gasteiger partial charge in [-0.3, -0.25) is 4.21 Å². The van der Waals surface area contributed by atoms with Gasteiger partial charge in [-0.2, -0.15) is 0 Å². The molecule has 0 amide bonds. The number of ether oxygens (including phenoxy) is 1. The van der Waals surface area contributed by atoms with Crippen LogP contribution in [0.5, 0.6) is 5.75 Å². The van der Waals surface area contributed by atoms with Gasteiger partial charge in [-0.1, -0.05) is 6.07 Å². The van der Waals surface area contributed by atoms with Gasteiger partial charge in [0.05, 0.1) is 7.11 Å². The molecule has 114 valence electrons. The number of hydrogen-bond donors (Lipinski definition) is 1. The fourth-order valence-corrected chi connectivity index (χ4v) is 2.66. The Bertz CT molecular complexity index is 471. The first-order valence-corrected chi connectivity index (χ1v) is 8.03. The van der Waals surface area contributed by atoms with E-state index < -0.39 is 10.8 Å². The van der Waals surface area contributed by atoms with Crippen molar-refractivity contribution < 1.29 is 13.3 Å². The van der Waals surface area contributed by atoms with E-state index in [1.165, 1.54) is 13.2 Å². The third-order valence-electron chi connectivity index (χ3n) is 3.10. The molecule has 0 radical (unpaired) electrons. The Morgan fingerprint density at radius 3 is 2.55 bits per heavy atom. The van der Waals surface area contributed by atoms with Crippen LogP contribution < -0.4 is 10.1 Å². The first-order valence-electron chi connectivity index (χ1n) is 6.71. The molecule has 1 aromatic carbocycles. The van der Waals surface area contributed by atoms with Crippen molar-refractivity contribution in [1.82, 2.24) is 5.32 Å². The van der Waals surface area contributed by atoms with Gasteiger partial charge in [0, 0.05) is 33.9 Å². The molecule has 5 heteroatoms. The molecule has 0 saturated carbocycles. The van der Waals surface area contributed by atoms with Crippen molar-refractivity contribution in [3.05, 3.63) is 29.6 Å². The summed E-state index contributed by atoms with van der Waals surface area (Å²) in [5.41, 5.74) is 0.852. The lowest BCUT2D eigenvalue weighted by Gasteiger charge is -2.19. The molecule has 2 atom stereocenters. The average Bonchev–Trinajstić information content (AvgIpc) is 2.37. The normalized spacial score (nSPS) is 14.9. The van der Waals surface area contributed by atoms with Crippen LogP contribution in [-0.4, -0.2) is 28.4 Å². The van der Waals surface area contributed by atoms with Crippen LogP contribution in [0.15, 0.2) is 18.2 Å². The summed E-state index contributed by atoms with van der Waals surface area (Å²) in [5, 5.41) is 3.27. The second kappa shape index (κ2) is 7.18. The second-order valence-electron chi connectivity index (χ2n) is 5.73. The van der Waals surface area contributed by atoms with Crippen LogP contribution in [-0.2, 0) is 10.8 Å². The molecule has 0 aliphatic rings. The fourth-order valence-electron chi connectivity index (χ4n) is 1.74. The van der Waals surface area contributed by atoms with Gasteiger partial charge in [0.1, 0.15) is 0 Å². The van der Waals surface area contributed by atoms with Crippen LogP contribution in [0.3, 0.4) is 0 Å². The maximum absolute atomic E-state index is 13.6. The zero-order valence-corrected chi connectivity index (χ0v) is 13.6. The van der Waals surface area contributed by atoms with Crippen LogP contribution >= 0.6 is 0 Å². The summed E-state index contributed by atoms with van der Waals surface area (Å²) < 4.78 is 30.2. The van der Waals surface area contributed by atoms with Gasteiger partial charge in [0.25, 0.3) is 0 Å². The first kappa shape index (κ1) is 17.1. The highest BCUT2D eigenvalue weighted by molar-refractivity contribution is 7.86. The van der Waals surface area contributed by atoms with Gasteiger partial charge in [-0.05, 0) is 45.4 Å². The Kier molecular flexibility index (Phi) is 6.14. The van der Waals surface area contributed by atoms with Crippen molar-refractivity contribution in [1.29, 1.82) is 0 Å². The minimum absolute atomic E-state index is 0.00683. The third-order valence-corrected chi connectivity index (χ3v) is 5.04. The largest absolute Gasteiger partial charge is 0.494 e. The molecule has 0 saturated heterocycles. The average molecular weight is 301 g/mol. The van der Waals surface area contributed by atoms with Crippen molar-refractivity contribution in [2.75, 3.05) is 19.4 Å². The van der Waals surface area contributed by atoms with E-state index in [2.05, 4.69) is 5.32 Å². The molecular formula is C15H24FNO2S. The lowest BCUT2D eigenvalue weighted by Crippen LogP contribution is -2.30. The number of rotatable bonds is 6. The SMILES string of the molecule is COc1ccc(C(C)NCCS(=O)C(C)(C)C)cc1F. The highest BCUT2D eigenvalue weighted by Crippen LogP contribution is 2.21. The lowest BCUT2D eigenvalue weighted by atomic mass is 10.1. The van der Waals surface area contributed by atoms with Crippen molar-refractivity contribution in [2.24, 2.45) is 0 Å². The summed E-state index contributed by atoms with van der Waals surface area (Å²) >= 11 is 0. The fraction of sp³-hybridized carbons (Fsp3) is 0.600. The molecule has 0 bridgehead atoms. The minimum atomic E-state index is -0.876. The Labute approximate surface area is 123 Å². The highest BCUT2D eigenvalue weighted by Gasteiger charge is 2.19. The first-order chi connectivity index (χ1) is 9.25. The number of methoxy groups -OCH3 is 1. The molecule has 1 rings (SSSR count). The van der Waals surface area contributed by atoms with Gasteiger partial charge in [-0.15, -0.1) is 0 Å². The van der Waals surface area contributed by atoms with Gasteiger partial charge in [0.2, 0.25) is 0 Å². The van der Waals surface area contributed by atoms with E-state index in [0.29, 0.717) is 12.3 Å². The van der Waals surface area contributed by atoms with Crippen LogP contribution in [0.4, 0.5) is 4.39 Å². The maximum atomic E-state index is 13.6. The molecule has 3 nitrogen and oxygen atoms in total. The summed E-state index contributed by atoms with van der Waals surface area (Å²) in [4.78, 5) is 0. The van der Waals surface area contributed by atoms with Crippen molar-refractivity contribution in [3.63, 3.8) is 0 Å².